The van der Waals surface area contributed by atoms with Gasteiger partial charge in [0.1, 0.15) is 0 Å². The maximum Gasteiger partial charge on any atom is 0.282 e. The van der Waals surface area contributed by atoms with E-state index in [0.717, 1.165) is 0 Å². The van der Waals surface area contributed by atoms with Gasteiger partial charge in [0.2, 0.25) is 0 Å². The van der Waals surface area contributed by atoms with E-state index in [-0.39, 0.29) is 21.4 Å². The summed E-state index contributed by atoms with van der Waals surface area (Å²) in [5.41, 5.74) is 0.799. The number of ketones is 1. The van der Waals surface area contributed by atoms with E-state index in [1.807, 2.05) is 0 Å². The summed E-state index contributed by atoms with van der Waals surface area (Å²) in [4.78, 5) is 11.8. The highest BCUT2D eigenvalue weighted by Crippen LogP contribution is 2.24. The Morgan fingerprint density at radius 2 is 1.70 bits per heavy atom. The third-order valence-corrected chi connectivity index (χ3v) is 4.65. The molecular formula is C14H12ClNO3S. The molecule has 1 aromatic rings. The molecule has 0 amide bonds. The molecule has 0 radical (unpaired) electrons. The van der Waals surface area contributed by atoms with Crippen LogP contribution in [0.4, 0.5) is 0 Å². The Labute approximate surface area is 122 Å². The van der Waals surface area contributed by atoms with Gasteiger partial charge in [0.25, 0.3) is 10.0 Å². The van der Waals surface area contributed by atoms with Gasteiger partial charge in [-0.15, -0.1) is 0 Å². The molecule has 0 saturated heterocycles. The number of halogens is 1. The van der Waals surface area contributed by atoms with Crippen molar-refractivity contribution in [2.45, 2.75) is 18.7 Å². The summed E-state index contributed by atoms with van der Waals surface area (Å²) in [6.07, 6.45) is 1.39. The van der Waals surface area contributed by atoms with Crippen LogP contribution >= 0.6 is 11.6 Å². The molecule has 0 atom stereocenters. The maximum absolute atomic E-state index is 12.2. The highest BCUT2D eigenvalue weighted by atomic mass is 35.5. The fourth-order valence-corrected chi connectivity index (χ4v) is 3.00. The first kappa shape index (κ1) is 14.7. The summed E-state index contributed by atoms with van der Waals surface area (Å²) in [5.74, 6) is -0.203. The molecule has 2 rings (SSSR count). The van der Waals surface area contributed by atoms with E-state index in [0.29, 0.717) is 11.1 Å². The fraction of sp³-hybridized carbons (Fsp3) is 0.143. The fourth-order valence-electron chi connectivity index (χ4n) is 1.76. The minimum absolute atomic E-state index is 0.0695. The Morgan fingerprint density at radius 1 is 1.10 bits per heavy atom. The smallest absolute Gasteiger partial charge is 0.282 e. The second-order valence-electron chi connectivity index (χ2n) is 4.36. The topological polar surface area (TPSA) is 63.6 Å². The summed E-state index contributed by atoms with van der Waals surface area (Å²) in [7, 11) is -3.84. The first-order valence-electron chi connectivity index (χ1n) is 5.82. The molecule has 0 aliphatic heterocycles. The Kier molecular flexibility index (Phi) is 3.92. The van der Waals surface area contributed by atoms with Gasteiger partial charge in [0.05, 0.1) is 15.6 Å². The number of hydrogen-bond donors (Lipinski definition) is 0. The van der Waals surface area contributed by atoms with Crippen molar-refractivity contribution in [2.24, 2.45) is 4.40 Å². The van der Waals surface area contributed by atoms with Crippen molar-refractivity contribution in [3.8, 4) is 0 Å². The number of rotatable bonds is 2. The van der Waals surface area contributed by atoms with Crippen molar-refractivity contribution in [3.05, 3.63) is 52.6 Å². The molecule has 4 nitrogen and oxygen atoms in total. The minimum Gasteiger partial charge on any atom is -0.289 e. The summed E-state index contributed by atoms with van der Waals surface area (Å²) < 4.78 is 28.0. The normalized spacial score (nSPS) is 18.4. The number of sulfonamides is 1. The molecule has 0 N–H and O–H groups in total. The standard InChI is InChI=1S/C14H12ClNO3S/c1-9-8-12(13(15)10(2)14(9)17)16-20(18,19)11-6-4-3-5-7-11/h3-8H,1-2H3. The van der Waals surface area contributed by atoms with Crippen LogP contribution in [-0.2, 0) is 14.8 Å². The van der Waals surface area contributed by atoms with Crippen molar-refractivity contribution in [1.82, 2.24) is 0 Å². The van der Waals surface area contributed by atoms with Crippen LogP contribution < -0.4 is 0 Å². The molecule has 20 heavy (non-hydrogen) atoms. The van der Waals surface area contributed by atoms with Gasteiger partial charge in [0, 0.05) is 5.57 Å². The molecule has 0 saturated carbocycles. The number of allylic oxidation sites excluding steroid dienone is 4. The van der Waals surface area contributed by atoms with Crippen molar-refractivity contribution < 1.29 is 13.2 Å². The third kappa shape index (κ3) is 2.73. The Morgan fingerprint density at radius 3 is 2.30 bits per heavy atom. The van der Waals surface area contributed by atoms with Crippen molar-refractivity contribution in [1.29, 1.82) is 0 Å². The zero-order valence-corrected chi connectivity index (χ0v) is 12.5. The summed E-state index contributed by atoms with van der Waals surface area (Å²) in [6, 6.07) is 7.85. The quantitative estimate of drug-likeness (QED) is 0.789. The molecule has 104 valence electrons. The summed E-state index contributed by atoms with van der Waals surface area (Å²) in [6.45, 7) is 3.14. The molecule has 0 bridgehead atoms. The molecule has 0 spiro atoms. The SMILES string of the molecule is CC1=CC(=NS(=O)(=O)c2ccccc2)C(Cl)=C(C)C1=O. The van der Waals surface area contributed by atoms with Gasteiger partial charge < -0.3 is 0 Å². The lowest BCUT2D eigenvalue weighted by Crippen LogP contribution is -2.15. The van der Waals surface area contributed by atoms with E-state index in [2.05, 4.69) is 4.40 Å². The van der Waals surface area contributed by atoms with Crippen LogP contribution in [0.5, 0.6) is 0 Å². The molecule has 1 aromatic carbocycles. The second kappa shape index (κ2) is 5.34. The Bertz CT molecular complexity index is 759. The van der Waals surface area contributed by atoms with E-state index in [9.17, 15) is 13.2 Å². The molecular weight excluding hydrogens is 298 g/mol. The number of benzene rings is 1. The van der Waals surface area contributed by atoms with Crippen molar-refractivity contribution in [2.75, 3.05) is 0 Å². The van der Waals surface area contributed by atoms with E-state index in [1.54, 1.807) is 32.0 Å². The predicted molar refractivity (Wildman–Crippen MR) is 78.4 cm³/mol. The number of carbonyl (C=O) groups excluding carboxylic acids is 1. The summed E-state index contributed by atoms with van der Waals surface area (Å²) >= 11 is 6.01. The molecule has 1 aliphatic rings. The van der Waals surface area contributed by atoms with Crippen LogP contribution in [0.1, 0.15) is 13.8 Å². The van der Waals surface area contributed by atoms with Crippen LogP contribution in [0.2, 0.25) is 0 Å². The average Bonchev–Trinajstić information content (AvgIpc) is 2.43. The first-order chi connectivity index (χ1) is 9.33. The van der Waals surface area contributed by atoms with Crippen molar-refractivity contribution >= 4 is 33.1 Å². The van der Waals surface area contributed by atoms with Crippen LogP contribution in [0.3, 0.4) is 0 Å². The van der Waals surface area contributed by atoms with E-state index < -0.39 is 10.0 Å². The van der Waals surface area contributed by atoms with Crippen LogP contribution in [-0.4, -0.2) is 19.9 Å². The first-order valence-corrected chi connectivity index (χ1v) is 7.64. The molecule has 0 heterocycles. The van der Waals surface area contributed by atoms with Gasteiger partial charge in [-0.2, -0.15) is 12.8 Å². The van der Waals surface area contributed by atoms with Crippen molar-refractivity contribution in [3.63, 3.8) is 0 Å². The van der Waals surface area contributed by atoms with E-state index in [1.165, 1.54) is 18.2 Å². The van der Waals surface area contributed by atoms with Crippen LogP contribution in [0.25, 0.3) is 0 Å². The molecule has 0 aromatic heterocycles. The lowest BCUT2D eigenvalue weighted by molar-refractivity contribution is -0.112. The van der Waals surface area contributed by atoms with Crippen LogP contribution in [0.15, 0.2) is 61.9 Å². The lowest BCUT2D eigenvalue weighted by atomic mass is 9.98. The minimum atomic E-state index is -3.84. The Balaban J connectivity index is 2.54. The molecule has 1 aliphatic carbocycles. The van der Waals surface area contributed by atoms with Gasteiger partial charge in [0.15, 0.2) is 5.78 Å². The molecule has 6 heteroatoms. The predicted octanol–water partition coefficient (Wildman–Crippen LogP) is 2.86. The van der Waals surface area contributed by atoms with Gasteiger partial charge >= 0.3 is 0 Å². The zero-order valence-electron chi connectivity index (χ0n) is 10.9. The number of carbonyl (C=O) groups is 1. The number of nitrogens with zero attached hydrogens (tertiary/aromatic N) is 1. The molecule has 0 unspecified atom stereocenters. The van der Waals surface area contributed by atoms with Crippen LogP contribution in [0, 0.1) is 0 Å². The van der Waals surface area contributed by atoms with Gasteiger partial charge in [-0.3, -0.25) is 4.79 Å². The maximum atomic E-state index is 12.2. The third-order valence-electron chi connectivity index (χ3n) is 2.87. The zero-order chi connectivity index (χ0) is 14.9. The lowest BCUT2D eigenvalue weighted by Gasteiger charge is -2.12. The Hall–Kier alpha value is -1.72. The second-order valence-corrected chi connectivity index (χ2v) is 6.34. The van der Waals surface area contributed by atoms with Gasteiger partial charge in [-0.1, -0.05) is 29.8 Å². The number of Topliss-reactive ketones (excluding diaryl/α,β-unsaturated/α-hetero) is 1. The van der Waals surface area contributed by atoms with Gasteiger partial charge in [-0.25, -0.2) is 0 Å². The largest absolute Gasteiger partial charge is 0.289 e. The molecule has 0 fully saturated rings. The summed E-state index contributed by atoms with van der Waals surface area (Å²) in [5, 5.41) is 0.0695. The van der Waals surface area contributed by atoms with Gasteiger partial charge in [-0.05, 0) is 37.6 Å². The van der Waals surface area contributed by atoms with E-state index >= 15 is 0 Å². The highest BCUT2D eigenvalue weighted by molar-refractivity contribution is 7.90. The highest BCUT2D eigenvalue weighted by Gasteiger charge is 2.23. The van der Waals surface area contributed by atoms with E-state index in [4.69, 9.17) is 11.6 Å². The average molecular weight is 310 g/mol. The monoisotopic (exact) mass is 309 g/mol. The number of hydrogen-bond acceptors (Lipinski definition) is 3.